The minimum absolute atomic E-state index is 0.0212. The minimum Gasteiger partial charge on any atom is -0.466 e. The Morgan fingerprint density at radius 3 is 0.813 bits per heavy atom. The van der Waals surface area contributed by atoms with Crippen LogP contribution in [-0.2, 0) is 14.3 Å². The number of hydrogen-bond donors (Lipinski definition) is 3. The van der Waals surface area contributed by atoms with Crippen LogP contribution < -0.4 is 5.32 Å². The fourth-order valence-corrected chi connectivity index (χ4v) is 11.4. The van der Waals surface area contributed by atoms with Gasteiger partial charge in [-0.1, -0.05) is 367 Å². The molecule has 0 fully saturated rings. The lowest BCUT2D eigenvalue weighted by Crippen LogP contribution is -2.45. The molecule has 0 saturated carbocycles. The molecule has 0 aromatic rings. The number of aliphatic hydroxyl groups is 2. The molecule has 0 aliphatic carbocycles. The van der Waals surface area contributed by atoms with E-state index in [1.165, 1.54) is 334 Å². The van der Waals surface area contributed by atoms with Crippen molar-refractivity contribution in [1.29, 1.82) is 0 Å². The van der Waals surface area contributed by atoms with Crippen LogP contribution in [0.15, 0.2) is 0 Å². The molecule has 0 rings (SSSR count). The van der Waals surface area contributed by atoms with E-state index in [0.717, 1.165) is 38.5 Å². The third-order valence-corrected chi connectivity index (χ3v) is 16.7. The first-order valence-electron chi connectivity index (χ1n) is 34.8. The third kappa shape index (κ3) is 61.9. The van der Waals surface area contributed by atoms with Gasteiger partial charge in [-0.15, -0.1) is 0 Å². The second-order valence-corrected chi connectivity index (χ2v) is 24.2. The predicted molar refractivity (Wildman–Crippen MR) is 329 cm³/mol. The minimum atomic E-state index is -0.662. The molecule has 75 heavy (non-hydrogen) atoms. The van der Waals surface area contributed by atoms with Crippen LogP contribution >= 0.6 is 0 Å². The van der Waals surface area contributed by atoms with Gasteiger partial charge in [0.05, 0.1) is 25.4 Å². The summed E-state index contributed by atoms with van der Waals surface area (Å²) in [6, 6.07) is -0.539. The molecule has 6 heteroatoms. The Bertz CT molecular complexity index is 1080. The number of ether oxygens (including phenoxy) is 1. The molecular formula is C69H137NO5. The summed E-state index contributed by atoms with van der Waals surface area (Å²) in [6.45, 7) is 5.00. The highest BCUT2D eigenvalue weighted by Gasteiger charge is 2.20. The smallest absolute Gasteiger partial charge is 0.305 e. The summed E-state index contributed by atoms with van der Waals surface area (Å²) in [7, 11) is 0. The van der Waals surface area contributed by atoms with Crippen molar-refractivity contribution in [3.8, 4) is 0 Å². The van der Waals surface area contributed by atoms with Gasteiger partial charge in [0.1, 0.15) is 0 Å². The van der Waals surface area contributed by atoms with E-state index in [4.69, 9.17) is 4.74 Å². The van der Waals surface area contributed by atoms with E-state index in [0.29, 0.717) is 25.9 Å². The molecule has 0 saturated heterocycles. The summed E-state index contributed by atoms with van der Waals surface area (Å²) in [4.78, 5) is 24.6. The number of rotatable bonds is 66. The van der Waals surface area contributed by atoms with Crippen molar-refractivity contribution >= 4 is 11.9 Å². The first kappa shape index (κ1) is 73.9. The number of unbranched alkanes of at least 4 members (excludes halogenated alkanes) is 55. The van der Waals surface area contributed by atoms with Gasteiger partial charge in [-0.2, -0.15) is 0 Å². The Balaban J connectivity index is 3.33. The van der Waals surface area contributed by atoms with Crippen LogP contribution in [0.1, 0.15) is 406 Å². The van der Waals surface area contributed by atoms with Crippen molar-refractivity contribution in [1.82, 2.24) is 5.32 Å². The Labute approximate surface area is 470 Å². The van der Waals surface area contributed by atoms with Crippen molar-refractivity contribution in [2.45, 2.75) is 418 Å². The second-order valence-electron chi connectivity index (χ2n) is 24.2. The summed E-state index contributed by atoms with van der Waals surface area (Å²) in [5, 5.41) is 23.4. The lowest BCUT2D eigenvalue weighted by molar-refractivity contribution is -0.143. The zero-order valence-electron chi connectivity index (χ0n) is 51.3. The van der Waals surface area contributed by atoms with Gasteiger partial charge in [0.15, 0.2) is 0 Å². The number of amides is 1. The van der Waals surface area contributed by atoms with Gasteiger partial charge in [-0.05, 0) is 25.7 Å². The summed E-state index contributed by atoms with van der Waals surface area (Å²) >= 11 is 0. The number of aliphatic hydroxyl groups excluding tert-OH is 2. The van der Waals surface area contributed by atoms with Crippen LogP contribution in [0.2, 0.25) is 0 Å². The molecular weight excluding hydrogens is 923 g/mol. The van der Waals surface area contributed by atoms with Crippen LogP contribution in [0.4, 0.5) is 0 Å². The fourth-order valence-electron chi connectivity index (χ4n) is 11.4. The van der Waals surface area contributed by atoms with Crippen molar-refractivity contribution in [3.63, 3.8) is 0 Å². The average Bonchev–Trinajstić information content (AvgIpc) is 3.41. The normalized spacial score (nSPS) is 12.4. The van der Waals surface area contributed by atoms with Crippen LogP contribution in [-0.4, -0.2) is 47.4 Å². The van der Waals surface area contributed by atoms with E-state index < -0.39 is 12.1 Å². The molecule has 3 N–H and O–H groups in total. The monoisotopic (exact) mass is 1060 g/mol. The average molecular weight is 1060 g/mol. The number of nitrogens with one attached hydrogen (secondary N) is 1. The maximum atomic E-state index is 12.5. The molecule has 0 aliphatic heterocycles. The largest absolute Gasteiger partial charge is 0.466 e. The van der Waals surface area contributed by atoms with Crippen molar-refractivity contribution in [2.75, 3.05) is 13.2 Å². The fraction of sp³-hybridized carbons (Fsp3) is 0.971. The molecule has 0 aromatic heterocycles. The third-order valence-electron chi connectivity index (χ3n) is 16.7. The van der Waals surface area contributed by atoms with Crippen LogP contribution in [0, 0.1) is 0 Å². The lowest BCUT2D eigenvalue weighted by Gasteiger charge is -2.22. The zero-order chi connectivity index (χ0) is 54.3. The number of carbonyl (C=O) groups is 2. The van der Waals surface area contributed by atoms with Gasteiger partial charge in [0.25, 0.3) is 0 Å². The highest BCUT2D eigenvalue weighted by atomic mass is 16.5. The van der Waals surface area contributed by atoms with E-state index in [1.54, 1.807) is 0 Å². The van der Waals surface area contributed by atoms with Gasteiger partial charge >= 0.3 is 5.97 Å². The topological polar surface area (TPSA) is 95.9 Å². The molecule has 2 atom stereocenters. The standard InChI is InChI=1S/C69H137NO5/c1-3-5-7-9-11-13-15-17-19-30-33-37-41-45-49-53-57-61-67(72)66(65-71)70-68(73)62-58-54-50-46-42-38-34-31-28-26-24-22-21-23-25-27-29-32-36-40-44-48-52-56-60-64-75-69(74)63-59-55-51-47-43-39-35-20-18-16-14-12-10-8-6-4-2/h66-67,71-72H,3-65H2,1-2H3,(H,70,73). The van der Waals surface area contributed by atoms with Crippen molar-refractivity contribution < 1.29 is 24.5 Å². The van der Waals surface area contributed by atoms with Crippen molar-refractivity contribution in [3.05, 3.63) is 0 Å². The molecule has 0 radical (unpaired) electrons. The van der Waals surface area contributed by atoms with E-state index in [1.807, 2.05) is 0 Å². The molecule has 6 nitrogen and oxygen atoms in total. The van der Waals surface area contributed by atoms with Gasteiger partial charge in [0, 0.05) is 12.8 Å². The Hall–Kier alpha value is -1.14. The molecule has 0 aromatic carbocycles. The van der Waals surface area contributed by atoms with Crippen LogP contribution in [0.3, 0.4) is 0 Å². The molecule has 0 aliphatic rings. The highest BCUT2D eigenvalue weighted by Crippen LogP contribution is 2.19. The van der Waals surface area contributed by atoms with Gasteiger partial charge in [-0.25, -0.2) is 0 Å². The summed E-state index contributed by atoms with van der Waals surface area (Å²) in [5.74, 6) is -0.00759. The summed E-state index contributed by atoms with van der Waals surface area (Å²) in [6.07, 6.45) is 78.6. The molecule has 2 unspecified atom stereocenters. The number of carbonyl (C=O) groups excluding carboxylic acids is 2. The zero-order valence-corrected chi connectivity index (χ0v) is 51.3. The van der Waals surface area contributed by atoms with E-state index in [-0.39, 0.29) is 18.5 Å². The van der Waals surface area contributed by atoms with Gasteiger partial charge in [0.2, 0.25) is 5.91 Å². The quantitative estimate of drug-likeness (QED) is 0.0417. The van der Waals surface area contributed by atoms with E-state index in [9.17, 15) is 19.8 Å². The molecule has 0 spiro atoms. The number of hydrogen-bond acceptors (Lipinski definition) is 5. The van der Waals surface area contributed by atoms with Gasteiger partial charge in [-0.3, -0.25) is 9.59 Å². The van der Waals surface area contributed by atoms with Crippen LogP contribution in [0.5, 0.6) is 0 Å². The van der Waals surface area contributed by atoms with E-state index >= 15 is 0 Å². The van der Waals surface area contributed by atoms with Crippen LogP contribution in [0.25, 0.3) is 0 Å². The summed E-state index contributed by atoms with van der Waals surface area (Å²) < 4.78 is 5.50. The van der Waals surface area contributed by atoms with E-state index in [2.05, 4.69) is 19.2 Å². The van der Waals surface area contributed by atoms with Crippen molar-refractivity contribution in [2.24, 2.45) is 0 Å². The Morgan fingerprint density at radius 2 is 0.547 bits per heavy atom. The SMILES string of the molecule is CCCCCCCCCCCCCCCCCCCC(O)C(CO)NC(=O)CCCCCCCCCCCCCCCCCCCCCCCCCCCOC(=O)CCCCCCCCCCCCCCCCCC. The first-order valence-corrected chi connectivity index (χ1v) is 34.8. The lowest BCUT2D eigenvalue weighted by atomic mass is 10.0. The Morgan fingerprint density at radius 1 is 0.320 bits per heavy atom. The first-order chi connectivity index (χ1) is 37.0. The maximum Gasteiger partial charge on any atom is 0.305 e. The molecule has 448 valence electrons. The maximum absolute atomic E-state index is 12.5. The van der Waals surface area contributed by atoms with Gasteiger partial charge < -0.3 is 20.3 Å². The second kappa shape index (κ2) is 65.4. The number of esters is 1. The molecule has 1 amide bonds. The predicted octanol–water partition coefficient (Wildman–Crippen LogP) is 22.2. The molecule has 0 bridgehead atoms. The Kier molecular flexibility index (Phi) is 64.4. The summed E-state index contributed by atoms with van der Waals surface area (Å²) in [5.41, 5.74) is 0. The highest BCUT2D eigenvalue weighted by molar-refractivity contribution is 5.76. The molecule has 0 heterocycles.